The van der Waals surface area contributed by atoms with Gasteiger partial charge in [0, 0.05) is 19.4 Å². The van der Waals surface area contributed by atoms with Gasteiger partial charge in [0.1, 0.15) is 12.7 Å². The molecule has 0 aromatic rings. The smallest absolute Gasteiger partial charge is 0.463 e. The number of rotatable bonds is 38. The lowest BCUT2D eigenvalue weighted by Gasteiger charge is -2.15. The van der Waals surface area contributed by atoms with Crippen molar-refractivity contribution in [2.75, 3.05) is 26.4 Å². The maximum Gasteiger partial charge on any atom is 0.472 e. The zero-order chi connectivity index (χ0) is 41.8. The lowest BCUT2D eigenvalue weighted by Crippen LogP contribution is -2.27. The molecule has 0 saturated heterocycles. The predicted octanol–water partition coefficient (Wildman–Crippen LogP) is 12.0. The number of aliphatic hydroxyl groups excluding tert-OH is 1. The van der Waals surface area contributed by atoms with Gasteiger partial charge < -0.3 is 20.1 Å². The van der Waals surface area contributed by atoms with E-state index in [0.29, 0.717) is 12.8 Å². The van der Waals surface area contributed by atoms with Gasteiger partial charge in [-0.15, -0.1) is 0 Å². The zero-order valence-corrected chi connectivity index (χ0v) is 36.1. The Morgan fingerprint density at radius 1 is 0.561 bits per heavy atom. The Labute approximate surface area is 346 Å². The molecule has 0 aromatic carbocycles. The van der Waals surface area contributed by atoms with Crippen molar-refractivity contribution in [2.24, 2.45) is 0 Å². The van der Waals surface area contributed by atoms with Crippen molar-refractivity contribution in [1.29, 1.82) is 0 Å². The molecule has 0 saturated carbocycles. The van der Waals surface area contributed by atoms with Crippen LogP contribution in [-0.2, 0) is 27.9 Å². The van der Waals surface area contributed by atoms with Crippen LogP contribution in [0.15, 0.2) is 109 Å². The second-order valence-electron chi connectivity index (χ2n) is 13.6. The minimum absolute atomic E-state index is 0.0496. The Hall–Kier alpha value is -3.33. The molecule has 0 aliphatic carbocycles. The molecule has 0 spiro atoms. The van der Waals surface area contributed by atoms with Gasteiger partial charge in [-0.1, -0.05) is 142 Å². The summed E-state index contributed by atoms with van der Waals surface area (Å²) in [5.74, 6) is -0.618. The summed E-state index contributed by atoms with van der Waals surface area (Å²) in [5, 5.41) is 12.7. The highest BCUT2D eigenvalue weighted by Gasteiger charge is 2.23. The van der Waals surface area contributed by atoms with Crippen LogP contribution in [0.5, 0.6) is 0 Å². The molecule has 10 heteroatoms. The number of ether oxygens (including phenoxy) is 1. The maximum atomic E-state index is 12.1. The fraction of sp³-hybridized carbons (Fsp3) is 0.574. The maximum absolute atomic E-state index is 12.1. The zero-order valence-electron chi connectivity index (χ0n) is 35.2. The van der Waals surface area contributed by atoms with Crippen LogP contribution in [0.25, 0.3) is 0 Å². The molecule has 1 amide bonds. The van der Waals surface area contributed by atoms with Crippen LogP contribution in [0.4, 0.5) is 0 Å². The molecule has 2 atom stereocenters. The second kappa shape index (κ2) is 42.3. The van der Waals surface area contributed by atoms with Crippen molar-refractivity contribution in [1.82, 2.24) is 5.32 Å². The van der Waals surface area contributed by atoms with Crippen LogP contribution in [0.2, 0.25) is 0 Å². The highest BCUT2D eigenvalue weighted by Crippen LogP contribution is 2.42. The Morgan fingerprint density at radius 2 is 1.02 bits per heavy atom. The van der Waals surface area contributed by atoms with Crippen LogP contribution < -0.4 is 5.32 Å². The van der Waals surface area contributed by atoms with E-state index in [1.165, 1.54) is 25.7 Å². The average Bonchev–Trinajstić information content (AvgIpc) is 3.20. The summed E-state index contributed by atoms with van der Waals surface area (Å²) in [4.78, 5) is 33.9. The molecule has 2 unspecified atom stereocenters. The van der Waals surface area contributed by atoms with Crippen molar-refractivity contribution < 1.29 is 37.9 Å². The Bertz CT molecular complexity index is 1290. The van der Waals surface area contributed by atoms with Crippen molar-refractivity contribution in [3.05, 3.63) is 109 Å². The van der Waals surface area contributed by atoms with Gasteiger partial charge in [-0.05, 0) is 96.3 Å². The average molecular weight is 814 g/mol. The molecule has 0 aromatic heterocycles. The SMILES string of the molecule is CC/C=C\C/C=C\C/C=C\C/C=C\C/C=C\CCCCCC(=O)NCCOP(=O)(O)OCC(O)COC(=O)CCC/C=C\C/C=C\C/C=C\C/C=C\CCCCC. The molecule has 9 nitrogen and oxygen atoms in total. The molecule has 0 heterocycles. The summed E-state index contributed by atoms with van der Waals surface area (Å²) in [5.41, 5.74) is 0. The van der Waals surface area contributed by atoms with Crippen LogP contribution in [-0.4, -0.2) is 54.3 Å². The first kappa shape index (κ1) is 53.7. The number of hydrogen-bond donors (Lipinski definition) is 3. The normalized spacial score (nSPS) is 14.4. The highest BCUT2D eigenvalue weighted by atomic mass is 31.2. The fourth-order valence-corrected chi connectivity index (χ4v) is 5.74. The van der Waals surface area contributed by atoms with Gasteiger partial charge in [-0.2, -0.15) is 0 Å². The van der Waals surface area contributed by atoms with Crippen LogP contribution in [0.1, 0.15) is 142 Å². The Morgan fingerprint density at radius 3 is 1.51 bits per heavy atom. The van der Waals surface area contributed by atoms with Crippen molar-refractivity contribution in [3.8, 4) is 0 Å². The Kier molecular flexibility index (Phi) is 39.8. The summed E-state index contributed by atoms with van der Waals surface area (Å²) >= 11 is 0. The molecular formula is C47H76NO8P. The van der Waals surface area contributed by atoms with E-state index in [0.717, 1.165) is 83.5 Å². The second-order valence-corrected chi connectivity index (χ2v) is 15.0. The van der Waals surface area contributed by atoms with E-state index in [1.54, 1.807) is 0 Å². The third-order valence-corrected chi connectivity index (χ3v) is 9.17. The molecule has 0 bridgehead atoms. The first-order chi connectivity index (χ1) is 27.8. The summed E-state index contributed by atoms with van der Waals surface area (Å²) < 4.78 is 26.8. The first-order valence-corrected chi connectivity index (χ1v) is 22.9. The number of aliphatic hydroxyl groups is 1. The van der Waals surface area contributed by atoms with Crippen molar-refractivity contribution in [2.45, 2.75) is 148 Å². The molecular weight excluding hydrogens is 737 g/mol. The van der Waals surface area contributed by atoms with Gasteiger partial charge in [0.2, 0.25) is 5.91 Å². The number of carbonyl (C=O) groups is 2. The third-order valence-electron chi connectivity index (χ3n) is 8.19. The third kappa shape index (κ3) is 43.6. The number of phosphoric ester groups is 1. The Balaban J connectivity index is 3.77. The molecule has 0 fully saturated rings. The van der Waals surface area contributed by atoms with E-state index >= 15 is 0 Å². The number of carbonyl (C=O) groups excluding carboxylic acids is 2. The summed E-state index contributed by atoms with van der Waals surface area (Å²) in [7, 11) is -4.45. The fourth-order valence-electron chi connectivity index (χ4n) is 4.99. The molecule has 0 rings (SSSR count). The largest absolute Gasteiger partial charge is 0.472 e. The molecule has 3 N–H and O–H groups in total. The van der Waals surface area contributed by atoms with Gasteiger partial charge in [0.25, 0.3) is 0 Å². The van der Waals surface area contributed by atoms with Crippen molar-refractivity contribution >= 4 is 19.7 Å². The number of unbranched alkanes of at least 4 members (excludes halogenated alkanes) is 7. The summed E-state index contributed by atoms with van der Waals surface area (Å²) in [6, 6.07) is 0. The van der Waals surface area contributed by atoms with Crippen LogP contribution in [0.3, 0.4) is 0 Å². The van der Waals surface area contributed by atoms with Gasteiger partial charge in [0.15, 0.2) is 0 Å². The summed E-state index contributed by atoms with van der Waals surface area (Å²) in [6.45, 7) is 3.27. The topological polar surface area (TPSA) is 131 Å². The molecule has 57 heavy (non-hydrogen) atoms. The number of nitrogens with one attached hydrogen (secondary N) is 1. The minimum atomic E-state index is -4.45. The summed E-state index contributed by atoms with van der Waals surface area (Å²) in [6.07, 6.45) is 55.9. The molecule has 0 radical (unpaired) electrons. The van der Waals surface area contributed by atoms with Gasteiger partial charge in [-0.3, -0.25) is 18.6 Å². The standard InChI is InChI=1S/C47H76NO8P/c1-3-5-7-9-11-13-15-17-19-21-22-24-25-27-29-31-33-35-37-39-46(50)48-41-42-55-57(52,53)56-44-45(49)43-54-47(51)40-38-36-34-32-30-28-26-23-20-18-16-14-12-10-8-6-4-2/h5,7,11-14,17-20,22,24,26-29,32,34,45,49H,3-4,6,8-10,15-16,21,23,25,30-31,33,35-44H2,1-2H3,(H,48,50)(H,52,53)/b7-5-,13-11-,14-12-,19-17-,20-18-,24-22-,28-26-,29-27-,34-32-. The lowest BCUT2D eigenvalue weighted by molar-refractivity contribution is -0.147. The monoisotopic (exact) mass is 814 g/mol. The lowest BCUT2D eigenvalue weighted by atomic mass is 10.1. The molecule has 0 aliphatic rings. The number of allylic oxidation sites excluding steroid dienone is 18. The van der Waals surface area contributed by atoms with Crippen LogP contribution >= 0.6 is 7.82 Å². The quantitative estimate of drug-likeness (QED) is 0.0243. The number of amides is 1. The van der Waals surface area contributed by atoms with Gasteiger partial charge in [0.05, 0.1) is 13.2 Å². The van der Waals surface area contributed by atoms with Gasteiger partial charge >= 0.3 is 13.8 Å². The van der Waals surface area contributed by atoms with E-state index in [4.69, 9.17) is 13.8 Å². The van der Waals surface area contributed by atoms with E-state index in [-0.39, 0.29) is 32.1 Å². The molecule has 322 valence electrons. The molecule has 0 aliphatic heterocycles. The van der Waals surface area contributed by atoms with E-state index in [2.05, 4.69) is 122 Å². The number of phosphoric acid groups is 1. The highest BCUT2D eigenvalue weighted by molar-refractivity contribution is 7.47. The van der Waals surface area contributed by atoms with Crippen molar-refractivity contribution in [3.63, 3.8) is 0 Å². The minimum Gasteiger partial charge on any atom is -0.463 e. The number of esters is 1. The van der Waals surface area contributed by atoms with E-state index in [1.807, 2.05) is 6.08 Å². The first-order valence-electron chi connectivity index (χ1n) is 21.4. The predicted molar refractivity (Wildman–Crippen MR) is 238 cm³/mol. The van der Waals surface area contributed by atoms with Gasteiger partial charge in [-0.25, -0.2) is 4.57 Å². The van der Waals surface area contributed by atoms with Crippen LogP contribution in [0, 0.1) is 0 Å². The van der Waals surface area contributed by atoms with E-state index in [9.17, 15) is 24.2 Å². The van der Waals surface area contributed by atoms with E-state index < -0.39 is 26.5 Å². The number of hydrogen-bond acceptors (Lipinski definition) is 7.